The first-order valence-electron chi connectivity index (χ1n) is 7.12. The van der Waals surface area contributed by atoms with E-state index in [0.717, 1.165) is 26.4 Å². The molecule has 3 fully saturated rings. The zero-order valence-corrected chi connectivity index (χ0v) is 10.9. The third-order valence-corrected chi connectivity index (χ3v) is 4.23. The van der Waals surface area contributed by atoms with E-state index in [1.165, 1.54) is 0 Å². The lowest BCUT2D eigenvalue weighted by atomic mass is 9.84. The number of hydrogen-bond acceptors (Lipinski definition) is 5. The summed E-state index contributed by atoms with van der Waals surface area (Å²) in [4.78, 5) is 0. The van der Waals surface area contributed by atoms with Gasteiger partial charge in [-0.05, 0) is 0 Å². The second-order valence-corrected chi connectivity index (χ2v) is 5.76. The fraction of sp³-hybridized carbons (Fsp3) is 0.857. The van der Waals surface area contributed by atoms with E-state index in [-0.39, 0.29) is 12.2 Å². The van der Waals surface area contributed by atoms with Gasteiger partial charge in [0.2, 0.25) is 0 Å². The van der Waals surface area contributed by atoms with Gasteiger partial charge in [-0.25, -0.2) is 0 Å². The monoisotopic (exact) mass is 268 g/mol. The van der Waals surface area contributed by atoms with Crippen molar-refractivity contribution in [1.29, 1.82) is 0 Å². The first kappa shape index (κ1) is 12.3. The zero-order chi connectivity index (χ0) is 12.7. The summed E-state index contributed by atoms with van der Waals surface area (Å²) in [6.45, 7) is 4.59. The van der Waals surface area contributed by atoms with Crippen LogP contribution < -0.4 is 0 Å². The van der Waals surface area contributed by atoms with Crippen LogP contribution in [-0.4, -0.2) is 64.1 Å². The molecule has 3 saturated heterocycles. The molecule has 4 heterocycles. The molecule has 2 bridgehead atoms. The van der Waals surface area contributed by atoms with Crippen molar-refractivity contribution in [3.05, 3.63) is 12.2 Å². The van der Waals surface area contributed by atoms with Gasteiger partial charge in [0.1, 0.15) is 12.2 Å². The first-order valence-corrected chi connectivity index (χ1v) is 7.12. The lowest BCUT2D eigenvalue weighted by Crippen LogP contribution is -2.32. The van der Waals surface area contributed by atoms with Crippen molar-refractivity contribution in [3.63, 3.8) is 0 Å². The molecule has 0 aromatic heterocycles. The van der Waals surface area contributed by atoms with Gasteiger partial charge in [0.15, 0.2) is 0 Å². The SMILES string of the molecule is C1=CC2OC1C(COCC1CO1)C2COCC1CO1. The van der Waals surface area contributed by atoms with E-state index in [9.17, 15) is 0 Å². The minimum absolute atomic E-state index is 0.205. The quantitative estimate of drug-likeness (QED) is 0.471. The number of fused-ring (bicyclic) bond motifs is 2. The molecule has 0 aromatic carbocycles. The molecule has 106 valence electrons. The molecule has 5 heteroatoms. The van der Waals surface area contributed by atoms with Crippen molar-refractivity contribution < 1.29 is 23.7 Å². The van der Waals surface area contributed by atoms with E-state index >= 15 is 0 Å². The van der Waals surface area contributed by atoms with Crippen LogP contribution in [0.1, 0.15) is 0 Å². The smallest absolute Gasteiger partial charge is 0.104 e. The van der Waals surface area contributed by atoms with E-state index in [0.29, 0.717) is 37.3 Å². The van der Waals surface area contributed by atoms with Gasteiger partial charge in [-0.1, -0.05) is 12.2 Å². The summed E-state index contributed by atoms with van der Waals surface area (Å²) in [5.74, 6) is 0.822. The topological polar surface area (TPSA) is 52.8 Å². The summed E-state index contributed by atoms with van der Waals surface area (Å²) >= 11 is 0. The molecule has 4 aliphatic rings. The number of epoxide rings is 2. The summed E-state index contributed by atoms with van der Waals surface area (Å²) < 4.78 is 27.7. The highest BCUT2D eigenvalue weighted by molar-refractivity contribution is 5.14. The van der Waals surface area contributed by atoms with E-state index in [1.54, 1.807) is 0 Å². The minimum Gasteiger partial charge on any atom is -0.378 e. The van der Waals surface area contributed by atoms with E-state index < -0.39 is 0 Å². The Labute approximate surface area is 112 Å². The molecule has 0 saturated carbocycles. The maximum Gasteiger partial charge on any atom is 0.104 e. The summed E-state index contributed by atoms with van der Waals surface area (Å²) in [5, 5.41) is 0. The maximum absolute atomic E-state index is 5.91. The average molecular weight is 268 g/mol. The molecular formula is C14H20O5. The third-order valence-electron chi connectivity index (χ3n) is 4.23. The van der Waals surface area contributed by atoms with Crippen LogP contribution in [0.4, 0.5) is 0 Å². The Balaban J connectivity index is 1.26. The van der Waals surface area contributed by atoms with Crippen LogP contribution in [0, 0.1) is 11.8 Å². The maximum atomic E-state index is 5.91. The van der Waals surface area contributed by atoms with Gasteiger partial charge in [-0.2, -0.15) is 0 Å². The normalized spacial score (nSPS) is 45.9. The highest BCUT2D eigenvalue weighted by Crippen LogP contribution is 2.39. The number of ether oxygens (including phenoxy) is 5. The fourth-order valence-corrected chi connectivity index (χ4v) is 2.90. The summed E-state index contributed by atoms with van der Waals surface area (Å²) in [5.41, 5.74) is 0. The molecule has 5 nitrogen and oxygen atoms in total. The Hall–Kier alpha value is -0.460. The standard InChI is InChI=1S/C14H20O5/c1-2-14-12(8-16-4-10-6-18-10)11(13(1)19-14)7-15-3-9-5-17-9/h1-2,9-14H,3-8H2. The first-order chi connectivity index (χ1) is 9.40. The van der Waals surface area contributed by atoms with Gasteiger partial charge in [-0.15, -0.1) is 0 Å². The van der Waals surface area contributed by atoms with Crippen LogP contribution in [0.2, 0.25) is 0 Å². The zero-order valence-electron chi connectivity index (χ0n) is 10.9. The van der Waals surface area contributed by atoms with Gasteiger partial charge in [-0.3, -0.25) is 0 Å². The molecule has 0 amide bonds. The van der Waals surface area contributed by atoms with Crippen molar-refractivity contribution in [2.24, 2.45) is 11.8 Å². The van der Waals surface area contributed by atoms with Gasteiger partial charge < -0.3 is 23.7 Å². The van der Waals surface area contributed by atoms with Crippen molar-refractivity contribution in [2.75, 3.05) is 39.6 Å². The Morgan fingerprint density at radius 1 is 0.789 bits per heavy atom. The molecule has 6 atom stereocenters. The molecule has 0 radical (unpaired) electrons. The Morgan fingerprint density at radius 3 is 1.68 bits per heavy atom. The van der Waals surface area contributed by atoms with Gasteiger partial charge >= 0.3 is 0 Å². The Kier molecular flexibility index (Phi) is 3.33. The Bertz CT molecular complexity index is 318. The van der Waals surface area contributed by atoms with Crippen molar-refractivity contribution in [1.82, 2.24) is 0 Å². The van der Waals surface area contributed by atoms with Crippen LogP contribution in [0.15, 0.2) is 12.2 Å². The van der Waals surface area contributed by atoms with Crippen LogP contribution in [0.3, 0.4) is 0 Å². The number of rotatable bonds is 8. The fourth-order valence-electron chi connectivity index (χ4n) is 2.90. The highest BCUT2D eigenvalue weighted by atomic mass is 16.6. The minimum atomic E-state index is 0.205. The third kappa shape index (κ3) is 2.85. The predicted molar refractivity (Wildman–Crippen MR) is 65.9 cm³/mol. The molecule has 0 aromatic rings. The van der Waals surface area contributed by atoms with Crippen molar-refractivity contribution in [3.8, 4) is 0 Å². The second kappa shape index (κ2) is 5.14. The molecule has 0 spiro atoms. The molecule has 4 aliphatic heterocycles. The van der Waals surface area contributed by atoms with Crippen LogP contribution in [-0.2, 0) is 23.7 Å². The van der Waals surface area contributed by atoms with Gasteiger partial charge in [0.25, 0.3) is 0 Å². The lowest BCUT2D eigenvalue weighted by Gasteiger charge is -2.24. The summed E-state index contributed by atoms with van der Waals surface area (Å²) in [7, 11) is 0. The van der Waals surface area contributed by atoms with Gasteiger partial charge in [0, 0.05) is 11.8 Å². The van der Waals surface area contributed by atoms with Crippen molar-refractivity contribution >= 4 is 0 Å². The van der Waals surface area contributed by atoms with Crippen LogP contribution >= 0.6 is 0 Å². The van der Waals surface area contributed by atoms with E-state index in [2.05, 4.69) is 12.2 Å². The lowest BCUT2D eigenvalue weighted by molar-refractivity contribution is 0.0315. The molecule has 4 rings (SSSR count). The van der Waals surface area contributed by atoms with Crippen LogP contribution in [0.5, 0.6) is 0 Å². The second-order valence-electron chi connectivity index (χ2n) is 5.76. The van der Waals surface area contributed by atoms with E-state index in [1.807, 2.05) is 0 Å². The van der Waals surface area contributed by atoms with E-state index in [4.69, 9.17) is 23.7 Å². The van der Waals surface area contributed by atoms with Gasteiger partial charge in [0.05, 0.1) is 51.8 Å². The molecular weight excluding hydrogens is 248 g/mol. The average Bonchev–Trinajstić information content (AvgIpc) is 3.33. The largest absolute Gasteiger partial charge is 0.378 e. The highest BCUT2D eigenvalue weighted by Gasteiger charge is 2.46. The molecule has 0 N–H and O–H groups in total. The number of hydrogen-bond donors (Lipinski definition) is 0. The Morgan fingerprint density at radius 2 is 1.26 bits per heavy atom. The predicted octanol–water partition coefficient (Wildman–Crippen LogP) is 0.387. The molecule has 6 unspecified atom stereocenters. The van der Waals surface area contributed by atoms with Crippen LogP contribution in [0.25, 0.3) is 0 Å². The molecule has 19 heavy (non-hydrogen) atoms. The summed E-state index contributed by atoms with van der Waals surface area (Å²) in [6.07, 6.45) is 5.39. The molecule has 0 aliphatic carbocycles. The summed E-state index contributed by atoms with van der Waals surface area (Å²) in [6, 6.07) is 0. The van der Waals surface area contributed by atoms with Crippen molar-refractivity contribution in [2.45, 2.75) is 24.4 Å².